The molecule has 4 rings (SSSR count). The smallest absolute Gasteiger partial charge is 0.129 e. The summed E-state index contributed by atoms with van der Waals surface area (Å²) in [5.41, 5.74) is 0.214. The second-order valence-corrected chi connectivity index (χ2v) is 7.70. The van der Waals surface area contributed by atoms with Crippen LogP contribution in [0.5, 0.6) is 0 Å². The Labute approximate surface area is 142 Å². The van der Waals surface area contributed by atoms with Crippen LogP contribution < -0.4 is 0 Å². The number of hydrogen-bond donors (Lipinski definition) is 1. The van der Waals surface area contributed by atoms with Gasteiger partial charge in [0.2, 0.25) is 0 Å². The van der Waals surface area contributed by atoms with Crippen molar-refractivity contribution in [1.82, 2.24) is 9.88 Å². The SMILES string of the molecule is OC1(c2ccnc(Cl)c2)C2CCCC1CN(C1CCOCC1)C2. The third-order valence-electron chi connectivity index (χ3n) is 6.16. The van der Waals surface area contributed by atoms with Crippen molar-refractivity contribution in [3.8, 4) is 0 Å². The first-order chi connectivity index (χ1) is 11.2. The zero-order valence-corrected chi connectivity index (χ0v) is 14.2. The van der Waals surface area contributed by atoms with E-state index in [0.717, 1.165) is 57.6 Å². The van der Waals surface area contributed by atoms with Crippen molar-refractivity contribution in [3.63, 3.8) is 0 Å². The summed E-state index contributed by atoms with van der Waals surface area (Å²) < 4.78 is 5.51. The maximum atomic E-state index is 11.6. The number of ether oxygens (including phenoxy) is 1. The number of rotatable bonds is 2. The normalized spacial score (nSPS) is 36.1. The molecule has 2 unspecified atom stereocenters. The first-order valence-electron chi connectivity index (χ1n) is 8.84. The molecule has 4 nitrogen and oxygen atoms in total. The number of halogens is 1. The van der Waals surface area contributed by atoms with E-state index in [9.17, 15) is 5.11 Å². The van der Waals surface area contributed by atoms with Gasteiger partial charge in [0, 0.05) is 50.4 Å². The van der Waals surface area contributed by atoms with Gasteiger partial charge in [0.05, 0.1) is 5.60 Å². The van der Waals surface area contributed by atoms with Gasteiger partial charge in [-0.05, 0) is 43.4 Å². The molecule has 23 heavy (non-hydrogen) atoms. The molecule has 0 radical (unpaired) electrons. The fourth-order valence-corrected chi connectivity index (χ4v) is 5.13. The lowest BCUT2D eigenvalue weighted by Crippen LogP contribution is -2.60. The minimum Gasteiger partial charge on any atom is -0.384 e. The Balaban J connectivity index is 1.60. The van der Waals surface area contributed by atoms with Gasteiger partial charge < -0.3 is 9.84 Å². The van der Waals surface area contributed by atoms with E-state index in [1.54, 1.807) is 6.20 Å². The molecular weight excluding hydrogens is 312 g/mol. The van der Waals surface area contributed by atoms with E-state index in [1.165, 1.54) is 6.42 Å². The summed E-state index contributed by atoms with van der Waals surface area (Å²) in [7, 11) is 0. The van der Waals surface area contributed by atoms with E-state index in [4.69, 9.17) is 16.3 Å². The van der Waals surface area contributed by atoms with Gasteiger partial charge >= 0.3 is 0 Å². The van der Waals surface area contributed by atoms with Gasteiger partial charge in [0.1, 0.15) is 5.15 Å². The number of fused-ring (bicyclic) bond motifs is 2. The van der Waals surface area contributed by atoms with Crippen molar-refractivity contribution < 1.29 is 9.84 Å². The molecule has 1 aromatic rings. The number of aliphatic hydroxyl groups is 1. The van der Waals surface area contributed by atoms with Crippen LogP contribution in [0.15, 0.2) is 18.3 Å². The highest BCUT2D eigenvalue weighted by Crippen LogP contribution is 2.50. The van der Waals surface area contributed by atoms with Gasteiger partial charge in [-0.25, -0.2) is 4.98 Å². The Morgan fingerprint density at radius 2 is 1.87 bits per heavy atom. The molecule has 0 aromatic carbocycles. The standard InChI is InChI=1S/C18H25ClN2O2/c19-17-10-13(4-7-20-17)18(22)14-2-1-3-15(18)12-21(11-14)16-5-8-23-9-6-16/h4,7,10,14-16,22H,1-3,5-6,8-9,11-12H2. The fourth-order valence-electron chi connectivity index (χ4n) is 4.96. The predicted molar refractivity (Wildman–Crippen MR) is 89.4 cm³/mol. The number of nitrogens with zero attached hydrogens (tertiary/aromatic N) is 2. The number of aromatic nitrogens is 1. The van der Waals surface area contributed by atoms with Crippen molar-refractivity contribution in [2.24, 2.45) is 11.8 Å². The number of pyridine rings is 1. The molecule has 3 fully saturated rings. The van der Waals surface area contributed by atoms with Crippen molar-refractivity contribution in [2.75, 3.05) is 26.3 Å². The van der Waals surface area contributed by atoms with Crippen molar-refractivity contribution in [2.45, 2.75) is 43.7 Å². The molecule has 5 heteroatoms. The largest absolute Gasteiger partial charge is 0.384 e. The minimum atomic E-state index is -0.744. The Bertz CT molecular complexity index is 548. The lowest BCUT2D eigenvalue weighted by Gasteiger charge is -2.55. The van der Waals surface area contributed by atoms with Crippen LogP contribution >= 0.6 is 11.6 Å². The van der Waals surface area contributed by atoms with E-state index in [0.29, 0.717) is 11.2 Å². The summed E-state index contributed by atoms with van der Waals surface area (Å²) >= 11 is 6.09. The molecule has 126 valence electrons. The highest BCUT2D eigenvalue weighted by atomic mass is 35.5. The van der Waals surface area contributed by atoms with Gasteiger partial charge in [-0.1, -0.05) is 18.0 Å². The van der Waals surface area contributed by atoms with Crippen molar-refractivity contribution in [1.29, 1.82) is 0 Å². The van der Waals surface area contributed by atoms with Crippen molar-refractivity contribution >= 4 is 11.6 Å². The summed E-state index contributed by atoms with van der Waals surface area (Å²) in [4.78, 5) is 6.70. The molecule has 2 saturated heterocycles. The fraction of sp³-hybridized carbons (Fsp3) is 0.722. The average molecular weight is 337 g/mol. The molecule has 2 bridgehead atoms. The lowest BCUT2D eigenvalue weighted by molar-refractivity contribution is -0.158. The van der Waals surface area contributed by atoms with Crippen LogP contribution in [0.4, 0.5) is 0 Å². The van der Waals surface area contributed by atoms with Crippen LogP contribution in [0.2, 0.25) is 5.15 Å². The number of hydrogen-bond acceptors (Lipinski definition) is 4. The predicted octanol–water partition coefficient (Wildman–Crippen LogP) is 2.83. The summed E-state index contributed by atoms with van der Waals surface area (Å²) in [6.07, 6.45) is 7.37. The van der Waals surface area contributed by atoms with Crippen LogP contribution in [0.25, 0.3) is 0 Å². The van der Waals surface area contributed by atoms with E-state index in [-0.39, 0.29) is 11.8 Å². The van der Waals surface area contributed by atoms with Gasteiger partial charge in [0.25, 0.3) is 0 Å². The molecule has 1 saturated carbocycles. The second kappa shape index (κ2) is 6.32. The van der Waals surface area contributed by atoms with Gasteiger partial charge in [0.15, 0.2) is 0 Å². The molecule has 1 aromatic heterocycles. The van der Waals surface area contributed by atoms with Gasteiger partial charge in [-0.15, -0.1) is 0 Å². The topological polar surface area (TPSA) is 45.6 Å². The highest BCUT2D eigenvalue weighted by Gasteiger charge is 2.52. The Morgan fingerprint density at radius 1 is 1.17 bits per heavy atom. The Kier molecular flexibility index (Phi) is 4.35. The van der Waals surface area contributed by atoms with E-state index >= 15 is 0 Å². The minimum absolute atomic E-state index is 0.288. The van der Waals surface area contributed by atoms with Crippen molar-refractivity contribution in [3.05, 3.63) is 29.0 Å². The van der Waals surface area contributed by atoms with Crippen LogP contribution in [0.3, 0.4) is 0 Å². The monoisotopic (exact) mass is 336 g/mol. The Hall–Kier alpha value is -0.680. The average Bonchev–Trinajstić information content (AvgIpc) is 2.55. The van der Waals surface area contributed by atoms with E-state index < -0.39 is 5.60 Å². The highest BCUT2D eigenvalue weighted by molar-refractivity contribution is 6.29. The first kappa shape index (κ1) is 15.8. The van der Waals surface area contributed by atoms with E-state index in [2.05, 4.69) is 9.88 Å². The molecule has 3 aliphatic rings. The van der Waals surface area contributed by atoms with E-state index in [1.807, 2.05) is 12.1 Å². The molecule has 2 atom stereocenters. The van der Waals surface area contributed by atoms with Crippen LogP contribution in [-0.2, 0) is 10.3 Å². The number of likely N-dealkylation sites (tertiary alicyclic amines) is 1. The quantitative estimate of drug-likeness (QED) is 0.844. The summed E-state index contributed by atoms with van der Waals surface area (Å²) in [6, 6.07) is 4.43. The molecular formula is C18H25ClN2O2. The number of piperidine rings is 1. The first-order valence-corrected chi connectivity index (χ1v) is 9.22. The maximum absolute atomic E-state index is 11.6. The molecule has 1 aliphatic carbocycles. The zero-order chi connectivity index (χ0) is 15.9. The molecule has 0 spiro atoms. The molecule has 0 amide bonds. The molecule has 2 aliphatic heterocycles. The van der Waals surface area contributed by atoms with Gasteiger partial charge in [-0.3, -0.25) is 4.90 Å². The van der Waals surface area contributed by atoms with Gasteiger partial charge in [-0.2, -0.15) is 0 Å². The van der Waals surface area contributed by atoms with Crippen LogP contribution in [0, 0.1) is 11.8 Å². The maximum Gasteiger partial charge on any atom is 0.129 e. The Morgan fingerprint density at radius 3 is 2.52 bits per heavy atom. The van der Waals surface area contributed by atoms with Crippen LogP contribution in [-0.4, -0.2) is 47.3 Å². The second-order valence-electron chi connectivity index (χ2n) is 7.31. The lowest BCUT2D eigenvalue weighted by atomic mass is 9.62. The molecule has 1 N–H and O–H groups in total. The third-order valence-corrected chi connectivity index (χ3v) is 6.36. The summed E-state index contributed by atoms with van der Waals surface area (Å²) in [6.45, 7) is 3.72. The summed E-state index contributed by atoms with van der Waals surface area (Å²) in [5.74, 6) is 0.577. The third kappa shape index (κ3) is 2.80. The molecule has 3 heterocycles. The van der Waals surface area contributed by atoms with Crippen LogP contribution in [0.1, 0.15) is 37.7 Å². The zero-order valence-electron chi connectivity index (χ0n) is 13.5. The summed E-state index contributed by atoms with van der Waals surface area (Å²) in [5, 5.41) is 12.1.